The third-order valence-electron chi connectivity index (χ3n) is 1.97. The maximum absolute atomic E-state index is 13.5. The Morgan fingerprint density at radius 2 is 2.19 bits per heavy atom. The summed E-state index contributed by atoms with van der Waals surface area (Å²) >= 11 is 0. The number of carboxylic acids is 1. The van der Waals surface area contributed by atoms with Crippen molar-refractivity contribution in [3.63, 3.8) is 0 Å². The van der Waals surface area contributed by atoms with E-state index in [0.29, 0.717) is 0 Å². The van der Waals surface area contributed by atoms with Gasteiger partial charge >= 0.3 is 5.97 Å². The van der Waals surface area contributed by atoms with Crippen LogP contribution in [0.15, 0.2) is 6.20 Å². The molecule has 0 aliphatic carbocycles. The number of rotatable bonds is 4. The smallest absolute Gasteiger partial charge is 0.307 e. The zero-order valence-electron chi connectivity index (χ0n) is 8.08. The molecule has 0 atom stereocenters. The molecule has 1 rings (SSSR count). The van der Waals surface area contributed by atoms with E-state index in [4.69, 9.17) is 10.8 Å². The van der Waals surface area contributed by atoms with Gasteiger partial charge in [0.15, 0.2) is 0 Å². The molecule has 4 nitrogen and oxygen atoms in total. The first-order chi connectivity index (χ1) is 7.47. The van der Waals surface area contributed by atoms with Crippen molar-refractivity contribution in [3.8, 4) is 0 Å². The third-order valence-corrected chi connectivity index (χ3v) is 1.97. The monoisotopic (exact) mass is 234 g/mol. The number of pyridine rings is 1. The molecular weight excluding hydrogens is 225 g/mol. The number of carbonyl (C=O) groups is 1. The Balaban J connectivity index is 3.23. The molecule has 0 aliphatic heterocycles. The van der Waals surface area contributed by atoms with Crippen LogP contribution >= 0.6 is 0 Å². The van der Waals surface area contributed by atoms with E-state index in [2.05, 4.69) is 4.98 Å². The molecule has 0 saturated heterocycles. The topological polar surface area (TPSA) is 76.2 Å². The molecule has 88 valence electrons. The summed E-state index contributed by atoms with van der Waals surface area (Å²) < 4.78 is 38.3. The number of nitrogens with two attached hydrogens (primary N) is 1. The number of aromatic nitrogens is 1. The molecule has 0 spiro atoms. The minimum absolute atomic E-state index is 0.252. The lowest BCUT2D eigenvalue weighted by Gasteiger charge is -2.09. The van der Waals surface area contributed by atoms with Crippen LogP contribution in [0.1, 0.15) is 23.2 Å². The predicted molar refractivity (Wildman–Crippen MR) is 48.4 cm³/mol. The Morgan fingerprint density at radius 1 is 1.56 bits per heavy atom. The van der Waals surface area contributed by atoms with Gasteiger partial charge < -0.3 is 10.8 Å². The highest BCUT2D eigenvalue weighted by atomic mass is 19.3. The maximum atomic E-state index is 13.5. The summed E-state index contributed by atoms with van der Waals surface area (Å²) in [5, 5.41) is 8.46. The number of aliphatic carboxylic acids is 1. The van der Waals surface area contributed by atoms with E-state index >= 15 is 0 Å². The molecule has 1 heterocycles. The molecule has 0 saturated carbocycles. The van der Waals surface area contributed by atoms with Crippen LogP contribution in [0.25, 0.3) is 0 Å². The lowest BCUT2D eigenvalue weighted by molar-refractivity contribution is -0.136. The minimum Gasteiger partial charge on any atom is -0.481 e. The average Bonchev–Trinajstić information content (AvgIpc) is 2.19. The van der Waals surface area contributed by atoms with Gasteiger partial charge in [-0.05, 0) is 0 Å². The van der Waals surface area contributed by atoms with Gasteiger partial charge in [0.1, 0.15) is 11.5 Å². The van der Waals surface area contributed by atoms with Gasteiger partial charge in [-0.1, -0.05) is 0 Å². The molecule has 1 aromatic rings. The van der Waals surface area contributed by atoms with Crippen molar-refractivity contribution < 1.29 is 23.1 Å². The van der Waals surface area contributed by atoms with E-state index < -0.39 is 42.4 Å². The summed E-state index contributed by atoms with van der Waals surface area (Å²) in [4.78, 5) is 13.7. The first-order valence-electron chi connectivity index (χ1n) is 4.33. The molecule has 0 aliphatic rings. The van der Waals surface area contributed by atoms with E-state index in [9.17, 15) is 18.0 Å². The van der Waals surface area contributed by atoms with Crippen molar-refractivity contribution in [2.24, 2.45) is 5.73 Å². The Bertz CT molecular complexity index is 410. The Hall–Kier alpha value is -1.63. The van der Waals surface area contributed by atoms with Crippen molar-refractivity contribution in [1.82, 2.24) is 4.98 Å². The first kappa shape index (κ1) is 12.4. The molecule has 0 fully saturated rings. The van der Waals surface area contributed by atoms with E-state index in [0.717, 1.165) is 6.20 Å². The number of carboxylic acid groups (broad SMARTS) is 1. The van der Waals surface area contributed by atoms with E-state index in [1.54, 1.807) is 0 Å². The average molecular weight is 234 g/mol. The van der Waals surface area contributed by atoms with Crippen molar-refractivity contribution in [1.29, 1.82) is 0 Å². The van der Waals surface area contributed by atoms with E-state index in [1.807, 2.05) is 0 Å². The summed E-state index contributed by atoms with van der Waals surface area (Å²) in [6.45, 7) is -0.452. The molecular formula is C9H9F3N2O2. The van der Waals surface area contributed by atoms with Crippen molar-refractivity contribution in [2.45, 2.75) is 19.4 Å². The van der Waals surface area contributed by atoms with Crippen LogP contribution < -0.4 is 5.73 Å². The molecule has 0 unspecified atom stereocenters. The number of halogens is 3. The number of alkyl halides is 2. The molecule has 0 aromatic carbocycles. The second kappa shape index (κ2) is 4.93. The zero-order chi connectivity index (χ0) is 12.3. The highest BCUT2D eigenvalue weighted by Gasteiger charge is 2.20. The standard InChI is InChI=1S/C9H9F3N2O2/c10-7-4(1-6(15)16)3-14-8(9(11)12)5(7)2-13/h3,9H,1-2,13H2,(H,15,16). The second-order valence-corrected chi connectivity index (χ2v) is 3.04. The minimum atomic E-state index is -2.94. The molecule has 0 radical (unpaired) electrons. The summed E-state index contributed by atoms with van der Waals surface area (Å²) in [6.07, 6.45) is -2.76. The third kappa shape index (κ3) is 2.48. The van der Waals surface area contributed by atoms with Crippen molar-refractivity contribution in [3.05, 3.63) is 28.8 Å². The van der Waals surface area contributed by atoms with Crippen molar-refractivity contribution in [2.75, 3.05) is 0 Å². The highest BCUT2D eigenvalue weighted by Crippen LogP contribution is 2.24. The molecule has 7 heteroatoms. The first-order valence-corrected chi connectivity index (χ1v) is 4.33. The fourth-order valence-corrected chi connectivity index (χ4v) is 1.26. The van der Waals surface area contributed by atoms with E-state index in [-0.39, 0.29) is 5.56 Å². The number of hydrogen-bond donors (Lipinski definition) is 2. The van der Waals surface area contributed by atoms with Crippen LogP contribution in [0.5, 0.6) is 0 Å². The van der Waals surface area contributed by atoms with Gasteiger partial charge in [0.05, 0.1) is 6.42 Å². The summed E-state index contributed by atoms with van der Waals surface area (Å²) in [5.74, 6) is -2.29. The van der Waals surface area contributed by atoms with Gasteiger partial charge in [0.2, 0.25) is 0 Å². The van der Waals surface area contributed by atoms with Gasteiger partial charge in [-0.25, -0.2) is 13.2 Å². The Kier molecular flexibility index (Phi) is 3.83. The van der Waals surface area contributed by atoms with Gasteiger partial charge in [-0.15, -0.1) is 0 Å². The molecule has 1 aromatic heterocycles. The predicted octanol–water partition coefficient (Wildman–Crippen LogP) is 1.24. The number of hydrogen-bond acceptors (Lipinski definition) is 3. The molecule has 3 N–H and O–H groups in total. The largest absolute Gasteiger partial charge is 0.481 e. The van der Waals surface area contributed by atoms with Gasteiger partial charge in [0.25, 0.3) is 6.43 Å². The lowest BCUT2D eigenvalue weighted by Crippen LogP contribution is -2.12. The Morgan fingerprint density at radius 3 is 2.62 bits per heavy atom. The second-order valence-electron chi connectivity index (χ2n) is 3.04. The van der Waals surface area contributed by atoms with Crippen molar-refractivity contribution >= 4 is 5.97 Å². The number of nitrogens with zero attached hydrogens (tertiary/aromatic N) is 1. The highest BCUT2D eigenvalue weighted by molar-refractivity contribution is 5.70. The maximum Gasteiger partial charge on any atom is 0.307 e. The quantitative estimate of drug-likeness (QED) is 0.821. The Labute approximate surface area is 88.9 Å². The summed E-state index contributed by atoms with van der Waals surface area (Å²) in [6, 6.07) is 0. The zero-order valence-corrected chi connectivity index (χ0v) is 8.08. The molecule has 0 bridgehead atoms. The van der Waals surface area contributed by atoms with Crippen LogP contribution in [0.3, 0.4) is 0 Å². The van der Waals surface area contributed by atoms with Crippen LogP contribution in [-0.4, -0.2) is 16.1 Å². The van der Waals surface area contributed by atoms with E-state index in [1.165, 1.54) is 0 Å². The summed E-state index contributed by atoms with van der Waals surface area (Å²) in [7, 11) is 0. The van der Waals surface area contributed by atoms with Crippen LogP contribution in [0.2, 0.25) is 0 Å². The fourth-order valence-electron chi connectivity index (χ4n) is 1.26. The molecule has 0 amide bonds. The van der Waals surface area contributed by atoms with Crippen LogP contribution in [0, 0.1) is 5.82 Å². The lowest BCUT2D eigenvalue weighted by atomic mass is 10.1. The van der Waals surface area contributed by atoms with Crippen LogP contribution in [0.4, 0.5) is 13.2 Å². The van der Waals surface area contributed by atoms with Gasteiger partial charge in [-0.2, -0.15) is 0 Å². The fraction of sp³-hybridized carbons (Fsp3) is 0.333. The van der Waals surface area contributed by atoms with Gasteiger partial charge in [-0.3, -0.25) is 9.78 Å². The van der Waals surface area contributed by atoms with Gasteiger partial charge in [0, 0.05) is 23.9 Å². The van der Waals surface area contributed by atoms with Crippen LogP contribution in [-0.2, 0) is 17.8 Å². The SMILES string of the molecule is NCc1c(C(F)F)ncc(CC(=O)O)c1F. The molecule has 16 heavy (non-hydrogen) atoms. The summed E-state index contributed by atoms with van der Waals surface area (Å²) in [5.41, 5.74) is 3.70. The normalized spacial score (nSPS) is 10.8.